The van der Waals surface area contributed by atoms with Crippen molar-refractivity contribution in [2.24, 2.45) is 0 Å². The smallest absolute Gasteiger partial charge is 0.389 e. The number of piperazine rings is 1. The zero-order chi connectivity index (χ0) is 26.6. The van der Waals surface area contributed by atoms with E-state index in [9.17, 15) is 22.8 Å². The van der Waals surface area contributed by atoms with Crippen LogP contribution in [-0.4, -0.2) is 76.1 Å². The molecule has 0 bridgehead atoms. The maximum atomic E-state index is 13.7. The Morgan fingerprint density at radius 3 is 2.70 bits per heavy atom. The number of carbonyl (C=O) groups excluding carboxylic acids is 1. The maximum absolute atomic E-state index is 13.7. The molecule has 1 aliphatic rings. The molecule has 0 spiro atoms. The Labute approximate surface area is 210 Å². The number of amides is 1. The normalized spacial score (nSPS) is 14.2. The molecule has 3 aromatic rings. The third-order valence-corrected chi connectivity index (χ3v) is 6.06. The van der Waals surface area contributed by atoms with E-state index in [-0.39, 0.29) is 36.7 Å². The van der Waals surface area contributed by atoms with Crippen LogP contribution in [0.4, 0.5) is 18.9 Å². The fourth-order valence-electron chi connectivity index (χ4n) is 4.32. The van der Waals surface area contributed by atoms with Crippen LogP contribution >= 0.6 is 0 Å². The lowest BCUT2D eigenvalue weighted by atomic mass is 10.2. The zero-order valence-corrected chi connectivity index (χ0v) is 20.6. The van der Waals surface area contributed by atoms with Crippen LogP contribution in [0.3, 0.4) is 0 Å². The number of anilines is 1. The number of alkyl halides is 3. The topological polar surface area (TPSA) is 119 Å². The van der Waals surface area contributed by atoms with Crippen LogP contribution in [0.2, 0.25) is 0 Å². The summed E-state index contributed by atoms with van der Waals surface area (Å²) < 4.78 is 45.4. The van der Waals surface area contributed by atoms with Crippen molar-refractivity contribution in [3.63, 3.8) is 0 Å². The van der Waals surface area contributed by atoms with Gasteiger partial charge in [-0.15, -0.1) is 5.10 Å². The van der Waals surface area contributed by atoms with E-state index >= 15 is 0 Å². The Morgan fingerprint density at radius 2 is 2.03 bits per heavy atom. The number of hydrogen-bond acceptors (Lipinski definition) is 8. The van der Waals surface area contributed by atoms with Gasteiger partial charge in [-0.2, -0.15) is 22.7 Å². The van der Waals surface area contributed by atoms with E-state index in [0.29, 0.717) is 55.4 Å². The molecule has 0 saturated carbocycles. The van der Waals surface area contributed by atoms with E-state index in [1.807, 2.05) is 11.8 Å². The van der Waals surface area contributed by atoms with Crippen molar-refractivity contribution >= 4 is 17.4 Å². The Bertz CT molecular complexity index is 1320. The van der Waals surface area contributed by atoms with Crippen LogP contribution in [0.1, 0.15) is 25.5 Å². The standard InChI is InChI=1S/C23H29F3N8O3/c1-3-16-19(32-11-9-27-10-12-32)21(36)34-22(30-20(31-34)15-5-8-29-18(13-15)37-2)33(16)14-17(35)28-7-4-6-23(24,25)26/h5,8,13,27H,3-4,6-7,9-12,14H2,1-2H3,(H,28,35). The molecule has 1 amide bonds. The molecule has 0 aliphatic carbocycles. The highest BCUT2D eigenvalue weighted by Crippen LogP contribution is 2.24. The Balaban J connectivity index is 1.76. The van der Waals surface area contributed by atoms with Gasteiger partial charge in [0.2, 0.25) is 17.6 Å². The molecule has 0 aromatic carbocycles. The number of halogens is 3. The van der Waals surface area contributed by atoms with E-state index < -0.39 is 18.5 Å². The number of pyridine rings is 1. The van der Waals surface area contributed by atoms with Gasteiger partial charge in [-0.05, 0) is 18.9 Å². The van der Waals surface area contributed by atoms with Crippen LogP contribution in [0, 0.1) is 0 Å². The molecule has 37 heavy (non-hydrogen) atoms. The Hall–Kier alpha value is -3.68. The van der Waals surface area contributed by atoms with E-state index in [2.05, 4.69) is 25.7 Å². The van der Waals surface area contributed by atoms with E-state index in [4.69, 9.17) is 4.74 Å². The summed E-state index contributed by atoms with van der Waals surface area (Å²) in [5, 5.41) is 10.2. The molecule has 1 fully saturated rings. The van der Waals surface area contributed by atoms with Crippen LogP contribution in [0.5, 0.6) is 5.88 Å². The first kappa shape index (κ1) is 26.4. The molecule has 200 valence electrons. The van der Waals surface area contributed by atoms with Crippen LogP contribution in [-0.2, 0) is 17.8 Å². The number of ether oxygens (including phenoxy) is 1. The maximum Gasteiger partial charge on any atom is 0.389 e. The zero-order valence-electron chi connectivity index (χ0n) is 20.6. The summed E-state index contributed by atoms with van der Waals surface area (Å²) >= 11 is 0. The van der Waals surface area contributed by atoms with Crippen molar-refractivity contribution in [3.8, 4) is 17.3 Å². The Kier molecular flexibility index (Phi) is 7.95. The first-order valence-electron chi connectivity index (χ1n) is 12.0. The predicted octanol–water partition coefficient (Wildman–Crippen LogP) is 1.39. The summed E-state index contributed by atoms with van der Waals surface area (Å²) in [4.78, 5) is 37.1. The van der Waals surface area contributed by atoms with Gasteiger partial charge in [0.25, 0.3) is 5.56 Å². The summed E-state index contributed by atoms with van der Waals surface area (Å²) in [6, 6.07) is 3.31. The molecule has 4 heterocycles. The lowest BCUT2D eigenvalue weighted by Crippen LogP contribution is -2.47. The van der Waals surface area contributed by atoms with Crippen molar-refractivity contribution < 1.29 is 22.7 Å². The van der Waals surface area contributed by atoms with Crippen LogP contribution in [0.15, 0.2) is 23.1 Å². The summed E-state index contributed by atoms with van der Waals surface area (Å²) in [6.45, 7) is 4.12. The quantitative estimate of drug-likeness (QED) is 0.405. The van der Waals surface area contributed by atoms with Gasteiger partial charge in [0.05, 0.1) is 12.8 Å². The largest absolute Gasteiger partial charge is 0.481 e. The minimum Gasteiger partial charge on any atom is -0.481 e. The monoisotopic (exact) mass is 522 g/mol. The average molecular weight is 523 g/mol. The first-order valence-corrected chi connectivity index (χ1v) is 12.0. The molecule has 0 atom stereocenters. The van der Waals surface area contributed by atoms with Crippen molar-refractivity contribution in [2.75, 3.05) is 44.7 Å². The van der Waals surface area contributed by atoms with Crippen molar-refractivity contribution in [3.05, 3.63) is 34.4 Å². The van der Waals surface area contributed by atoms with Gasteiger partial charge in [-0.25, -0.2) is 4.98 Å². The highest BCUT2D eigenvalue weighted by molar-refractivity contribution is 5.77. The molecule has 2 N–H and O–H groups in total. The number of nitrogens with zero attached hydrogens (tertiary/aromatic N) is 6. The van der Waals surface area contributed by atoms with Gasteiger partial charge in [0.15, 0.2) is 5.82 Å². The second kappa shape index (κ2) is 11.2. The summed E-state index contributed by atoms with van der Waals surface area (Å²) in [5.74, 6) is 0.276. The Morgan fingerprint density at radius 1 is 1.27 bits per heavy atom. The van der Waals surface area contributed by atoms with Gasteiger partial charge in [0, 0.05) is 57.0 Å². The molecule has 1 saturated heterocycles. The summed E-state index contributed by atoms with van der Waals surface area (Å²) in [6.07, 6.45) is -3.52. The third kappa shape index (κ3) is 6.01. The fourth-order valence-corrected chi connectivity index (χ4v) is 4.32. The molecule has 11 nitrogen and oxygen atoms in total. The molecule has 4 rings (SSSR count). The van der Waals surface area contributed by atoms with E-state index in [1.165, 1.54) is 17.8 Å². The van der Waals surface area contributed by atoms with Gasteiger partial charge in [0.1, 0.15) is 12.2 Å². The summed E-state index contributed by atoms with van der Waals surface area (Å²) in [5.41, 5.74) is 1.26. The second-order valence-electron chi connectivity index (χ2n) is 8.58. The second-order valence-corrected chi connectivity index (χ2v) is 8.58. The molecular formula is C23H29F3N8O3. The van der Waals surface area contributed by atoms with Gasteiger partial charge < -0.3 is 24.8 Å². The number of nitrogens with one attached hydrogen (secondary N) is 2. The van der Waals surface area contributed by atoms with Crippen molar-refractivity contribution in [2.45, 2.75) is 38.9 Å². The van der Waals surface area contributed by atoms with E-state index in [1.54, 1.807) is 16.7 Å². The molecular weight excluding hydrogens is 493 g/mol. The van der Waals surface area contributed by atoms with Crippen LogP contribution < -0.4 is 25.8 Å². The number of rotatable bonds is 9. The van der Waals surface area contributed by atoms with Crippen LogP contribution in [0.25, 0.3) is 17.2 Å². The lowest BCUT2D eigenvalue weighted by molar-refractivity contribution is -0.136. The van der Waals surface area contributed by atoms with Gasteiger partial charge in [-0.3, -0.25) is 9.59 Å². The highest BCUT2D eigenvalue weighted by Gasteiger charge is 2.27. The van der Waals surface area contributed by atoms with Crippen molar-refractivity contribution in [1.29, 1.82) is 0 Å². The minimum atomic E-state index is -4.28. The summed E-state index contributed by atoms with van der Waals surface area (Å²) in [7, 11) is 1.48. The predicted molar refractivity (Wildman–Crippen MR) is 130 cm³/mol. The van der Waals surface area contributed by atoms with Crippen molar-refractivity contribution in [1.82, 2.24) is 34.8 Å². The third-order valence-electron chi connectivity index (χ3n) is 6.06. The number of carbonyl (C=O) groups is 1. The molecule has 0 radical (unpaired) electrons. The highest BCUT2D eigenvalue weighted by atomic mass is 19.4. The molecule has 0 unspecified atom stereocenters. The number of aromatic nitrogens is 5. The van der Waals surface area contributed by atoms with Gasteiger partial charge in [-0.1, -0.05) is 6.92 Å². The number of methoxy groups -OCH3 is 1. The molecule has 14 heteroatoms. The lowest BCUT2D eigenvalue weighted by Gasteiger charge is -2.31. The number of hydrogen-bond donors (Lipinski definition) is 2. The minimum absolute atomic E-state index is 0.115. The van der Waals surface area contributed by atoms with E-state index in [0.717, 1.165) is 0 Å². The molecule has 1 aliphatic heterocycles. The average Bonchev–Trinajstić information content (AvgIpc) is 3.34. The molecule has 3 aromatic heterocycles. The first-order chi connectivity index (χ1) is 17.7. The SMILES string of the molecule is CCc1c(N2CCNCC2)c(=O)n2nc(-c3ccnc(OC)c3)nc2n1CC(=O)NCCCC(F)(F)F. The number of fused-ring (bicyclic) bond motifs is 1. The fraction of sp³-hybridized carbons (Fsp3) is 0.522. The van der Waals surface area contributed by atoms with Gasteiger partial charge >= 0.3 is 6.18 Å².